The van der Waals surface area contributed by atoms with Gasteiger partial charge in [0.05, 0.1) is 12.7 Å². The third-order valence-corrected chi connectivity index (χ3v) is 1.56. The van der Waals surface area contributed by atoms with Gasteiger partial charge < -0.3 is 0 Å². The summed E-state index contributed by atoms with van der Waals surface area (Å²) in [6.07, 6.45) is 3.74. The van der Waals surface area contributed by atoms with E-state index in [1.165, 1.54) is 0 Å². The van der Waals surface area contributed by atoms with Crippen LogP contribution in [0.1, 0.15) is 12.8 Å². The second-order valence-corrected chi connectivity index (χ2v) is 3.99. The van der Waals surface area contributed by atoms with Gasteiger partial charge in [-0.25, -0.2) is 0 Å². The second kappa shape index (κ2) is 7.20. The molecule has 76 valence electrons. The van der Waals surface area contributed by atoms with Crippen LogP contribution in [-0.4, -0.2) is 21.3 Å². The third-order valence-electron chi connectivity index (χ3n) is 1.02. The normalized spacial score (nSPS) is 9.21. The number of hydrogen-bond acceptors (Lipinski definition) is 3. The molecule has 0 aromatic rings. The first kappa shape index (κ1) is 12.8. The van der Waals surface area contributed by atoms with E-state index in [-0.39, 0.29) is 6.61 Å². The van der Waals surface area contributed by atoms with Crippen LogP contribution in [0.2, 0.25) is 0 Å². The van der Waals surface area contributed by atoms with Crippen LogP contribution in [-0.2, 0) is 14.3 Å². The largest absolute Gasteiger partial charge is 0.265 e. The summed E-state index contributed by atoms with van der Waals surface area (Å²) in [5.41, 5.74) is 0. The van der Waals surface area contributed by atoms with Gasteiger partial charge in [0, 0.05) is 6.42 Å². The Labute approximate surface area is 85.3 Å². The Kier molecular flexibility index (Phi) is 6.57. The van der Waals surface area contributed by atoms with Crippen molar-refractivity contribution in [2.24, 2.45) is 0 Å². The second-order valence-electron chi connectivity index (χ2n) is 2.34. The SMILES string of the molecule is C=CCC#CCC#CCOS(C)(=O)=O. The lowest BCUT2D eigenvalue weighted by Gasteiger charge is -1.91. The minimum Gasteiger partial charge on any atom is -0.257 e. The van der Waals surface area contributed by atoms with Crippen molar-refractivity contribution >= 4 is 10.1 Å². The molecule has 0 fully saturated rings. The molecule has 4 heteroatoms. The van der Waals surface area contributed by atoms with Crippen LogP contribution < -0.4 is 0 Å². The van der Waals surface area contributed by atoms with Crippen LogP contribution in [0.3, 0.4) is 0 Å². The van der Waals surface area contributed by atoms with Gasteiger partial charge in [-0.05, 0) is 0 Å². The Morgan fingerprint density at radius 3 is 2.50 bits per heavy atom. The average molecular weight is 212 g/mol. The fraction of sp³-hybridized carbons (Fsp3) is 0.400. The zero-order valence-corrected chi connectivity index (χ0v) is 8.86. The van der Waals surface area contributed by atoms with Crippen molar-refractivity contribution in [1.29, 1.82) is 0 Å². The van der Waals surface area contributed by atoms with Crippen LogP contribution in [0.5, 0.6) is 0 Å². The van der Waals surface area contributed by atoms with E-state index in [1.54, 1.807) is 6.08 Å². The van der Waals surface area contributed by atoms with Gasteiger partial charge in [-0.15, -0.1) is 6.58 Å². The average Bonchev–Trinajstić information content (AvgIpc) is 2.08. The van der Waals surface area contributed by atoms with Crippen LogP contribution in [0, 0.1) is 23.7 Å². The van der Waals surface area contributed by atoms with Crippen molar-refractivity contribution in [2.75, 3.05) is 12.9 Å². The summed E-state index contributed by atoms with van der Waals surface area (Å²) in [5, 5.41) is 0. The molecule has 0 radical (unpaired) electrons. The van der Waals surface area contributed by atoms with Crippen molar-refractivity contribution < 1.29 is 12.6 Å². The maximum atomic E-state index is 10.5. The van der Waals surface area contributed by atoms with Crippen LogP contribution >= 0.6 is 0 Å². The topological polar surface area (TPSA) is 43.4 Å². The standard InChI is InChI=1S/C10H12O3S/c1-3-4-5-6-7-8-9-10-13-14(2,11)12/h3H,1,4,7,10H2,2H3. The fourth-order valence-electron chi connectivity index (χ4n) is 0.501. The maximum absolute atomic E-state index is 10.5. The molecule has 0 aromatic heterocycles. The lowest BCUT2D eigenvalue weighted by Crippen LogP contribution is -2.02. The molecule has 0 saturated carbocycles. The molecule has 0 heterocycles. The summed E-state index contributed by atoms with van der Waals surface area (Å²) >= 11 is 0. The highest BCUT2D eigenvalue weighted by Gasteiger charge is 1.96. The molecule has 0 spiro atoms. The summed E-state index contributed by atoms with van der Waals surface area (Å²) in [7, 11) is -3.38. The van der Waals surface area contributed by atoms with Crippen molar-refractivity contribution in [1.82, 2.24) is 0 Å². The minimum absolute atomic E-state index is 0.109. The van der Waals surface area contributed by atoms with Crippen LogP contribution in [0.25, 0.3) is 0 Å². The fourth-order valence-corrected chi connectivity index (χ4v) is 0.774. The van der Waals surface area contributed by atoms with Gasteiger partial charge in [-0.2, -0.15) is 8.42 Å². The van der Waals surface area contributed by atoms with E-state index in [9.17, 15) is 8.42 Å². The van der Waals surface area contributed by atoms with E-state index in [2.05, 4.69) is 34.4 Å². The predicted octanol–water partition coefficient (Wildman–Crippen LogP) is 0.936. The molecule has 0 aliphatic carbocycles. The van der Waals surface area contributed by atoms with Crippen molar-refractivity contribution in [3.05, 3.63) is 12.7 Å². The highest BCUT2D eigenvalue weighted by atomic mass is 32.2. The predicted molar refractivity (Wildman–Crippen MR) is 55.8 cm³/mol. The third kappa shape index (κ3) is 10.8. The zero-order chi connectivity index (χ0) is 10.9. The first-order chi connectivity index (χ1) is 6.56. The molecule has 3 nitrogen and oxygen atoms in total. The van der Waals surface area contributed by atoms with Gasteiger partial charge in [-0.1, -0.05) is 29.8 Å². The van der Waals surface area contributed by atoms with E-state index in [1.807, 2.05) is 0 Å². The molecular weight excluding hydrogens is 200 g/mol. The van der Waals surface area contributed by atoms with Crippen molar-refractivity contribution in [3.8, 4) is 23.7 Å². The maximum Gasteiger partial charge on any atom is 0.265 e. The lowest BCUT2D eigenvalue weighted by atomic mass is 10.3. The molecule has 0 aromatic carbocycles. The van der Waals surface area contributed by atoms with Crippen molar-refractivity contribution in [2.45, 2.75) is 12.8 Å². The first-order valence-electron chi connectivity index (χ1n) is 3.93. The van der Waals surface area contributed by atoms with E-state index in [0.717, 1.165) is 6.26 Å². The monoisotopic (exact) mass is 212 g/mol. The molecule has 0 unspecified atom stereocenters. The minimum atomic E-state index is -3.38. The number of hydrogen-bond donors (Lipinski definition) is 0. The molecule has 0 rings (SSSR count). The first-order valence-corrected chi connectivity index (χ1v) is 5.74. The summed E-state index contributed by atoms with van der Waals surface area (Å²) in [6, 6.07) is 0. The van der Waals surface area contributed by atoms with Gasteiger partial charge >= 0.3 is 0 Å². The number of rotatable bonds is 3. The molecule has 0 amide bonds. The summed E-state index contributed by atoms with van der Waals surface area (Å²) in [5.74, 6) is 10.8. The molecule has 0 atom stereocenters. The Morgan fingerprint density at radius 2 is 1.93 bits per heavy atom. The van der Waals surface area contributed by atoms with Gasteiger partial charge in [0.15, 0.2) is 0 Å². The van der Waals surface area contributed by atoms with E-state index in [4.69, 9.17) is 0 Å². The van der Waals surface area contributed by atoms with Gasteiger partial charge in [-0.3, -0.25) is 4.18 Å². The van der Waals surface area contributed by atoms with Crippen LogP contribution in [0.15, 0.2) is 12.7 Å². The molecule has 0 bridgehead atoms. The highest BCUT2D eigenvalue weighted by molar-refractivity contribution is 7.85. The van der Waals surface area contributed by atoms with Gasteiger partial charge in [0.2, 0.25) is 0 Å². The van der Waals surface area contributed by atoms with E-state index in [0.29, 0.717) is 12.8 Å². The van der Waals surface area contributed by atoms with Gasteiger partial charge in [0.25, 0.3) is 10.1 Å². The molecule has 0 N–H and O–H groups in total. The summed E-state index contributed by atoms with van der Waals surface area (Å²) in [4.78, 5) is 0. The lowest BCUT2D eigenvalue weighted by molar-refractivity contribution is 0.368. The van der Waals surface area contributed by atoms with E-state index >= 15 is 0 Å². The molecule has 14 heavy (non-hydrogen) atoms. The Morgan fingerprint density at radius 1 is 1.29 bits per heavy atom. The Bertz CT molecular complexity index is 385. The molecule has 0 saturated heterocycles. The zero-order valence-electron chi connectivity index (χ0n) is 8.04. The Hall–Kier alpha value is -1.23. The van der Waals surface area contributed by atoms with Crippen molar-refractivity contribution in [3.63, 3.8) is 0 Å². The molecule has 0 aliphatic heterocycles. The molecule has 0 aliphatic rings. The number of allylic oxidation sites excluding steroid dienone is 1. The summed E-state index contributed by atoms with van der Waals surface area (Å²) in [6.45, 7) is 3.40. The summed E-state index contributed by atoms with van der Waals surface area (Å²) < 4.78 is 25.3. The van der Waals surface area contributed by atoms with E-state index < -0.39 is 10.1 Å². The molecular formula is C10H12O3S. The highest BCUT2D eigenvalue weighted by Crippen LogP contribution is 1.84. The van der Waals surface area contributed by atoms with Gasteiger partial charge in [0.1, 0.15) is 6.61 Å². The smallest absolute Gasteiger partial charge is 0.257 e. The Balaban J connectivity index is 3.66. The quantitative estimate of drug-likeness (QED) is 0.397. The van der Waals surface area contributed by atoms with Crippen LogP contribution in [0.4, 0.5) is 0 Å².